The highest BCUT2D eigenvalue weighted by Gasteiger charge is 2.21. The molecule has 0 saturated heterocycles. The molecular formula is C58H40N2. The van der Waals surface area contributed by atoms with E-state index >= 15 is 0 Å². The summed E-state index contributed by atoms with van der Waals surface area (Å²) in [4.78, 5) is 2.42. The summed E-state index contributed by atoms with van der Waals surface area (Å²) in [5.74, 6) is 0. The fourth-order valence-electron chi connectivity index (χ4n) is 8.96. The third-order valence-corrected chi connectivity index (χ3v) is 11.8. The van der Waals surface area contributed by atoms with Crippen molar-refractivity contribution in [1.82, 2.24) is 4.57 Å². The number of rotatable bonds is 8. The molecule has 0 unspecified atom stereocenters. The van der Waals surface area contributed by atoms with E-state index in [1.807, 2.05) is 0 Å². The van der Waals surface area contributed by atoms with Crippen LogP contribution in [0.25, 0.3) is 82.8 Å². The van der Waals surface area contributed by atoms with Gasteiger partial charge in [-0.1, -0.05) is 194 Å². The minimum atomic E-state index is 1.09. The molecule has 1 aromatic heterocycles. The Bertz CT molecular complexity index is 3230. The van der Waals surface area contributed by atoms with Gasteiger partial charge in [0.2, 0.25) is 0 Å². The van der Waals surface area contributed by atoms with Crippen molar-refractivity contribution < 1.29 is 0 Å². The van der Waals surface area contributed by atoms with Crippen LogP contribution in [-0.2, 0) is 0 Å². The first-order chi connectivity index (χ1) is 29.8. The van der Waals surface area contributed by atoms with Gasteiger partial charge in [-0.25, -0.2) is 0 Å². The van der Waals surface area contributed by atoms with Crippen molar-refractivity contribution in [2.45, 2.75) is 0 Å². The lowest BCUT2D eigenvalue weighted by Gasteiger charge is -2.28. The molecule has 11 rings (SSSR count). The lowest BCUT2D eigenvalue weighted by molar-refractivity contribution is 1.18. The molecule has 2 heteroatoms. The topological polar surface area (TPSA) is 8.17 Å². The molecular weight excluding hydrogens is 725 g/mol. The second-order valence-electron chi connectivity index (χ2n) is 15.3. The van der Waals surface area contributed by atoms with Gasteiger partial charge >= 0.3 is 0 Å². The van der Waals surface area contributed by atoms with Crippen molar-refractivity contribution in [3.8, 4) is 50.2 Å². The third-order valence-electron chi connectivity index (χ3n) is 11.8. The molecule has 0 radical (unpaired) electrons. The van der Waals surface area contributed by atoms with E-state index in [0.717, 1.165) is 22.7 Å². The number of hydrogen-bond donors (Lipinski definition) is 0. The van der Waals surface area contributed by atoms with Gasteiger partial charge in [0.1, 0.15) is 0 Å². The lowest BCUT2D eigenvalue weighted by atomic mass is 9.92. The van der Waals surface area contributed by atoms with Crippen molar-refractivity contribution in [3.05, 3.63) is 243 Å². The number of para-hydroxylation sites is 3. The molecule has 0 atom stereocenters. The molecule has 10 aromatic carbocycles. The Kier molecular flexibility index (Phi) is 8.87. The molecule has 60 heavy (non-hydrogen) atoms. The van der Waals surface area contributed by atoms with Gasteiger partial charge in [0.15, 0.2) is 0 Å². The zero-order valence-corrected chi connectivity index (χ0v) is 33.0. The second kappa shape index (κ2) is 15.1. The standard InChI is InChI=1S/C58H40N2/c1-3-16-41(17-4-1)42-30-32-43(33-31-42)44-34-36-47(37-35-44)59(55-29-15-21-45-20-7-8-22-49(45)55)48-38-39-50(54(40-48)46-18-5-2-6-19-46)51-23-9-12-26-56(51)60-57-27-13-10-24-52(57)53-25-11-14-28-58(53)60/h1-40H. The number of anilines is 3. The van der Waals surface area contributed by atoms with Crippen molar-refractivity contribution in [1.29, 1.82) is 0 Å². The van der Waals surface area contributed by atoms with Gasteiger partial charge in [-0.15, -0.1) is 0 Å². The van der Waals surface area contributed by atoms with E-state index in [-0.39, 0.29) is 0 Å². The molecule has 0 aliphatic heterocycles. The van der Waals surface area contributed by atoms with Gasteiger partial charge in [0.25, 0.3) is 0 Å². The van der Waals surface area contributed by atoms with Crippen molar-refractivity contribution in [2.24, 2.45) is 0 Å². The SMILES string of the molecule is c1ccc(-c2ccc(-c3ccc(N(c4ccc(-c5ccccc5-n5c6ccccc6c6ccccc65)c(-c5ccccc5)c4)c4cccc5ccccc45)cc3)cc2)cc1. The van der Waals surface area contributed by atoms with Gasteiger partial charge < -0.3 is 9.47 Å². The Hall–Kier alpha value is -7.94. The van der Waals surface area contributed by atoms with Crippen LogP contribution in [0.5, 0.6) is 0 Å². The van der Waals surface area contributed by atoms with Crippen LogP contribution >= 0.6 is 0 Å². The summed E-state index contributed by atoms with van der Waals surface area (Å²) in [6, 6.07) is 87.9. The zero-order chi connectivity index (χ0) is 39.8. The molecule has 11 aromatic rings. The van der Waals surface area contributed by atoms with Crippen LogP contribution in [0.2, 0.25) is 0 Å². The Balaban J connectivity index is 1.08. The lowest BCUT2D eigenvalue weighted by Crippen LogP contribution is -2.11. The summed E-state index contributed by atoms with van der Waals surface area (Å²) in [6.45, 7) is 0. The van der Waals surface area contributed by atoms with E-state index in [4.69, 9.17) is 0 Å². The summed E-state index contributed by atoms with van der Waals surface area (Å²) in [6.07, 6.45) is 0. The van der Waals surface area contributed by atoms with Crippen LogP contribution in [0.3, 0.4) is 0 Å². The molecule has 2 nitrogen and oxygen atoms in total. The van der Waals surface area contributed by atoms with Gasteiger partial charge in [0, 0.05) is 33.1 Å². The van der Waals surface area contributed by atoms with Crippen LogP contribution in [0.4, 0.5) is 17.1 Å². The van der Waals surface area contributed by atoms with E-state index in [0.29, 0.717) is 0 Å². The molecule has 0 saturated carbocycles. The summed E-state index contributed by atoms with van der Waals surface area (Å²) >= 11 is 0. The molecule has 0 N–H and O–H groups in total. The number of fused-ring (bicyclic) bond motifs is 4. The first-order valence-corrected chi connectivity index (χ1v) is 20.6. The molecule has 282 valence electrons. The molecule has 0 bridgehead atoms. The Morgan fingerprint density at radius 2 is 0.767 bits per heavy atom. The van der Waals surface area contributed by atoms with E-state index in [2.05, 4.69) is 252 Å². The van der Waals surface area contributed by atoms with E-state index in [1.165, 1.54) is 77.1 Å². The van der Waals surface area contributed by atoms with Gasteiger partial charge in [-0.05, 0) is 92.9 Å². The highest BCUT2D eigenvalue weighted by atomic mass is 15.1. The summed E-state index contributed by atoms with van der Waals surface area (Å²) < 4.78 is 2.43. The predicted octanol–water partition coefficient (Wildman–Crippen LogP) is 16.1. The Morgan fingerprint density at radius 3 is 1.43 bits per heavy atom. The number of nitrogens with zero attached hydrogens (tertiary/aromatic N) is 2. The molecule has 0 amide bonds. The fourth-order valence-corrected chi connectivity index (χ4v) is 8.96. The fraction of sp³-hybridized carbons (Fsp3) is 0. The Morgan fingerprint density at radius 1 is 0.283 bits per heavy atom. The smallest absolute Gasteiger partial charge is 0.0541 e. The largest absolute Gasteiger partial charge is 0.310 e. The number of aromatic nitrogens is 1. The van der Waals surface area contributed by atoms with Gasteiger partial charge in [0.05, 0.1) is 22.4 Å². The average molecular weight is 765 g/mol. The number of hydrogen-bond acceptors (Lipinski definition) is 1. The van der Waals surface area contributed by atoms with Gasteiger partial charge in [-0.2, -0.15) is 0 Å². The molecule has 1 heterocycles. The number of benzene rings is 10. The second-order valence-corrected chi connectivity index (χ2v) is 15.3. The van der Waals surface area contributed by atoms with E-state index in [9.17, 15) is 0 Å². The summed E-state index contributed by atoms with van der Waals surface area (Å²) in [7, 11) is 0. The maximum atomic E-state index is 2.43. The third kappa shape index (κ3) is 6.23. The minimum absolute atomic E-state index is 1.09. The average Bonchev–Trinajstić information content (AvgIpc) is 3.67. The van der Waals surface area contributed by atoms with Crippen LogP contribution in [-0.4, -0.2) is 4.57 Å². The molecule has 0 aliphatic carbocycles. The van der Waals surface area contributed by atoms with E-state index in [1.54, 1.807) is 0 Å². The first-order valence-electron chi connectivity index (χ1n) is 20.6. The van der Waals surface area contributed by atoms with Crippen LogP contribution in [0, 0.1) is 0 Å². The monoisotopic (exact) mass is 764 g/mol. The Labute approximate surface area is 350 Å². The predicted molar refractivity (Wildman–Crippen MR) is 255 cm³/mol. The summed E-state index contributed by atoms with van der Waals surface area (Å²) in [5.41, 5.74) is 16.3. The zero-order valence-electron chi connectivity index (χ0n) is 33.0. The highest BCUT2D eigenvalue weighted by molar-refractivity contribution is 6.10. The van der Waals surface area contributed by atoms with Crippen LogP contribution in [0.15, 0.2) is 243 Å². The maximum absolute atomic E-state index is 2.43. The van der Waals surface area contributed by atoms with Crippen LogP contribution < -0.4 is 4.90 Å². The quantitative estimate of drug-likeness (QED) is 0.150. The van der Waals surface area contributed by atoms with Crippen molar-refractivity contribution in [3.63, 3.8) is 0 Å². The molecule has 0 aliphatic rings. The van der Waals surface area contributed by atoms with Gasteiger partial charge in [-0.3, -0.25) is 0 Å². The molecule has 0 spiro atoms. The normalized spacial score (nSPS) is 11.3. The van der Waals surface area contributed by atoms with Crippen LogP contribution in [0.1, 0.15) is 0 Å². The molecule has 0 fully saturated rings. The van der Waals surface area contributed by atoms with E-state index < -0.39 is 0 Å². The van der Waals surface area contributed by atoms with Crippen molar-refractivity contribution >= 4 is 49.6 Å². The highest BCUT2D eigenvalue weighted by Crippen LogP contribution is 2.45. The first kappa shape index (κ1) is 35.2. The minimum Gasteiger partial charge on any atom is -0.310 e. The maximum Gasteiger partial charge on any atom is 0.0541 e. The summed E-state index contributed by atoms with van der Waals surface area (Å²) in [5, 5.41) is 4.91. The van der Waals surface area contributed by atoms with Crippen molar-refractivity contribution in [2.75, 3.05) is 4.90 Å².